The fraction of sp³-hybridized carbons (Fsp3) is 0.765. The number of nitrogens with zero attached hydrogens (tertiary/aromatic N) is 1. The minimum atomic E-state index is -1.87. The number of aliphatic carboxylic acids is 1. The number of hydrogen-bond donors (Lipinski definition) is 15. The molecule has 0 radical (unpaired) electrons. The van der Waals surface area contributed by atoms with Crippen molar-refractivity contribution in [2.45, 2.75) is 232 Å². The van der Waals surface area contributed by atoms with Gasteiger partial charge in [0.2, 0.25) is 53.2 Å². The topological polar surface area (TPSA) is 385 Å². The highest BCUT2D eigenvalue weighted by Gasteiger charge is 2.49. The first-order valence-corrected chi connectivity index (χ1v) is 38.1. The Balaban J connectivity index is 1.01. The molecule has 4 saturated heterocycles. The molecule has 7 fully saturated rings. The van der Waals surface area contributed by atoms with Gasteiger partial charge in [0.05, 0.1) is 19.1 Å². The van der Waals surface area contributed by atoms with Crippen molar-refractivity contribution >= 4 is 82.7 Å². The van der Waals surface area contributed by atoms with Gasteiger partial charge in [0.15, 0.2) is 0 Å². The molecule has 0 spiro atoms. The number of fused-ring (bicyclic) bond motifs is 5. The highest BCUT2D eigenvalue weighted by molar-refractivity contribution is 7.98. The average Bonchev–Trinajstić information content (AvgIpc) is 1.59. The molecular formula is C68H106F2N14O12S2. The largest absolute Gasteiger partial charge is 0.481 e. The maximum Gasteiger partial charge on any atom is 0.305 e. The number of benzene rings is 1. The van der Waals surface area contributed by atoms with Crippen LogP contribution in [0.5, 0.6) is 0 Å². The Hall–Kier alpha value is -5.76. The van der Waals surface area contributed by atoms with E-state index in [1.54, 1.807) is 30.4 Å². The van der Waals surface area contributed by atoms with Gasteiger partial charge in [-0.15, -0.1) is 0 Å². The van der Waals surface area contributed by atoms with E-state index in [1.807, 2.05) is 18.2 Å². The molecular weight excluding hydrogens is 1310 g/mol. The molecule has 0 aromatic heterocycles. The van der Waals surface area contributed by atoms with E-state index in [1.165, 1.54) is 4.90 Å². The lowest BCUT2D eigenvalue weighted by Gasteiger charge is -2.38. The van der Waals surface area contributed by atoms with E-state index in [0.717, 1.165) is 11.1 Å². The van der Waals surface area contributed by atoms with Crippen molar-refractivity contribution in [1.29, 1.82) is 0 Å². The van der Waals surface area contributed by atoms with Gasteiger partial charge < -0.3 is 84.6 Å². The van der Waals surface area contributed by atoms with Gasteiger partial charge >= 0.3 is 5.97 Å². The predicted octanol–water partition coefficient (Wildman–Crippen LogP) is 0.765. The monoisotopic (exact) mass is 1410 g/mol. The van der Waals surface area contributed by atoms with E-state index >= 15 is 28.0 Å². The van der Waals surface area contributed by atoms with Crippen LogP contribution in [0.15, 0.2) is 24.3 Å². The third kappa shape index (κ3) is 21.9. The van der Waals surface area contributed by atoms with Gasteiger partial charge in [0.1, 0.15) is 54.1 Å². The Morgan fingerprint density at radius 2 is 1.22 bits per heavy atom. The fourth-order valence-corrected chi connectivity index (χ4v) is 17.8. The van der Waals surface area contributed by atoms with Crippen LogP contribution in [-0.4, -0.2) is 217 Å². The van der Waals surface area contributed by atoms with Gasteiger partial charge in [0, 0.05) is 73.9 Å². The van der Waals surface area contributed by atoms with Gasteiger partial charge in [-0.25, -0.2) is 8.78 Å². The molecule has 5 heterocycles. The number of hydrogen-bond acceptors (Lipinski definition) is 18. The summed E-state index contributed by atoms with van der Waals surface area (Å²) in [6.07, 6.45) is 2.76. The molecule has 546 valence electrons. The molecule has 9 unspecified atom stereocenters. The Labute approximate surface area is 581 Å². The van der Waals surface area contributed by atoms with E-state index in [2.05, 4.69) is 69.9 Å². The summed E-state index contributed by atoms with van der Waals surface area (Å²) < 4.78 is 30.4. The van der Waals surface area contributed by atoms with Crippen molar-refractivity contribution in [2.75, 3.05) is 64.0 Å². The van der Waals surface area contributed by atoms with Crippen LogP contribution >= 0.6 is 23.5 Å². The Morgan fingerprint density at radius 3 is 1.84 bits per heavy atom. The van der Waals surface area contributed by atoms with Crippen molar-refractivity contribution in [1.82, 2.24) is 68.7 Å². The molecule has 2 bridgehead atoms. The zero-order chi connectivity index (χ0) is 69.9. The molecule has 26 nitrogen and oxygen atoms in total. The third-order valence-electron chi connectivity index (χ3n) is 21.6. The summed E-state index contributed by atoms with van der Waals surface area (Å²) in [4.78, 5) is 146. The van der Waals surface area contributed by atoms with Crippen molar-refractivity contribution in [3.05, 3.63) is 35.4 Å². The smallest absolute Gasteiger partial charge is 0.305 e. The Kier molecular flexibility index (Phi) is 29.0. The number of unbranched alkanes of at least 4 members (excludes halogenated alkanes) is 1. The molecule has 1 aromatic rings. The molecule has 3 aliphatic carbocycles. The van der Waals surface area contributed by atoms with Crippen molar-refractivity contribution in [2.24, 2.45) is 35.3 Å². The number of amides is 9. The van der Waals surface area contributed by atoms with Crippen LogP contribution in [0.1, 0.15) is 153 Å². The van der Waals surface area contributed by atoms with Gasteiger partial charge in [-0.1, -0.05) is 24.3 Å². The standard InChI is InChI=1S/C68H106F2N14O12S2/c1-68-18-5-21-84(68)66(95)57(25-39-9-13-47(85)14-10-39)83-64(93)55(30-46-34-72-38-77-46)81-65(94)56(31-60(88)89)82-63(92)54(27-43-33-75-51-16-12-45(70)29-49(43)51)80-62(91)53(26-42-32-74-50-15-11-44(69)28-48(42)50)79-59(87)35-76-61(90)52(8-2-3-19-71)78-58(86)17-22-97-36-40-6-4-7-41(24-40)37-98-23-20-73-67(68)96/h4,6-7,24,39,42-57,72,74-75,77,85H,2-3,5,8-23,25-38,71H2,1H3,(H,73,96)(H,76,90)(H,78,86)(H,79,87)(H,80,91)(H,81,94)(H,82,92)(H,83,93)(H,88,89)/t39?,42?,43?,44?,45?,46?,47?,48?,49?,50?,51?,52-,53-,54-,55-,56-,57-,68-/m0/s1. The van der Waals surface area contributed by atoms with Gasteiger partial charge in [0.25, 0.3) is 0 Å². The molecule has 9 amide bonds. The first-order valence-electron chi connectivity index (χ1n) is 35.8. The van der Waals surface area contributed by atoms with Gasteiger partial charge in [-0.3, -0.25) is 47.9 Å². The highest BCUT2D eigenvalue weighted by atomic mass is 32.2. The Bertz CT molecular complexity index is 2920. The summed E-state index contributed by atoms with van der Waals surface area (Å²) in [6.45, 7) is 3.43. The van der Waals surface area contributed by atoms with Crippen LogP contribution in [0.25, 0.3) is 0 Å². The van der Waals surface area contributed by atoms with Gasteiger partial charge in [-0.2, -0.15) is 23.5 Å². The first kappa shape index (κ1) is 76.4. The van der Waals surface area contributed by atoms with E-state index < -0.39 is 132 Å². The van der Waals surface area contributed by atoms with Crippen LogP contribution in [0, 0.1) is 29.6 Å². The number of thioether (sulfide) groups is 2. The molecule has 9 rings (SSSR count). The van der Waals surface area contributed by atoms with Crippen molar-refractivity contribution in [3.8, 4) is 0 Å². The summed E-state index contributed by atoms with van der Waals surface area (Å²) in [5.74, 6) is -6.90. The maximum absolute atomic E-state index is 15.3. The molecule has 1 aromatic carbocycles. The average molecular weight is 1410 g/mol. The third-order valence-corrected chi connectivity index (χ3v) is 23.6. The SMILES string of the molecule is C[C@@]12CCCN1C(=O)[C@H](CC1CCC(O)CC1)NC(=O)[C@H](CC1CNCN1)NC(=O)[C@H](CC(=O)O)NC(=O)[C@H](CC1CNC3CCC(F)CC13)NC(=O)[C@H](CC1CNC3CCC(F)CC13)NC(=O)CNC(=O)[C@H](CCCCN)NC(=O)CCSCc1cccc(c1)CSCCNC2=O. The predicted molar refractivity (Wildman–Crippen MR) is 367 cm³/mol. The molecule has 5 aliphatic heterocycles. The molecule has 98 heavy (non-hydrogen) atoms. The van der Waals surface area contributed by atoms with Crippen LogP contribution in [0.3, 0.4) is 0 Å². The summed E-state index contributed by atoms with van der Waals surface area (Å²) in [6, 6.07) is -0.911. The van der Waals surface area contributed by atoms with Crippen LogP contribution < -0.4 is 69.5 Å². The zero-order valence-corrected chi connectivity index (χ0v) is 58.2. The first-order chi connectivity index (χ1) is 47.1. The molecule has 16 N–H and O–H groups in total. The number of carbonyl (C=O) groups is 10. The molecule has 8 aliphatic rings. The number of aliphatic hydroxyl groups excluding tert-OH is 1. The number of halogens is 2. The number of carboxylic acid groups (broad SMARTS) is 1. The second-order valence-electron chi connectivity index (χ2n) is 28.7. The van der Waals surface area contributed by atoms with Crippen LogP contribution in [0.2, 0.25) is 0 Å². The summed E-state index contributed by atoms with van der Waals surface area (Å²) in [7, 11) is 0. The second kappa shape index (κ2) is 37.2. The normalized spacial score (nSPS) is 35.4. The number of alkyl halides is 2. The number of rotatable bonds is 14. The number of aliphatic hydroxyl groups is 1. The van der Waals surface area contributed by atoms with Gasteiger partial charge in [-0.05, 0) is 189 Å². The van der Waals surface area contributed by atoms with Crippen molar-refractivity contribution in [3.63, 3.8) is 0 Å². The minimum Gasteiger partial charge on any atom is -0.481 e. The van der Waals surface area contributed by atoms with E-state index in [4.69, 9.17) is 5.73 Å². The minimum absolute atomic E-state index is 0.0258. The lowest BCUT2D eigenvalue weighted by atomic mass is 9.76. The highest BCUT2D eigenvalue weighted by Crippen LogP contribution is 2.40. The van der Waals surface area contributed by atoms with E-state index in [-0.39, 0.29) is 105 Å². The van der Waals surface area contributed by atoms with Crippen molar-refractivity contribution < 1.29 is 66.9 Å². The summed E-state index contributed by atoms with van der Waals surface area (Å²) in [5.41, 5.74) is 6.64. The Morgan fingerprint density at radius 1 is 0.643 bits per heavy atom. The van der Waals surface area contributed by atoms with Crippen LogP contribution in [-0.2, 0) is 59.5 Å². The molecule has 16 atom stereocenters. The maximum atomic E-state index is 15.3. The van der Waals surface area contributed by atoms with E-state index in [9.17, 15) is 39.0 Å². The summed E-state index contributed by atoms with van der Waals surface area (Å²) >= 11 is 3.18. The zero-order valence-electron chi connectivity index (χ0n) is 56.5. The number of nitrogens with one attached hydrogen (secondary N) is 12. The van der Waals surface area contributed by atoms with E-state index in [0.29, 0.717) is 139 Å². The summed E-state index contributed by atoms with van der Waals surface area (Å²) in [5, 5.41) is 56.6. The van der Waals surface area contributed by atoms with Crippen LogP contribution in [0.4, 0.5) is 8.78 Å². The molecule has 3 saturated carbocycles. The lowest BCUT2D eigenvalue weighted by Crippen LogP contribution is -2.62. The lowest BCUT2D eigenvalue weighted by molar-refractivity contribution is -0.147. The quantitative estimate of drug-likeness (QED) is 0.114. The number of nitrogens with two attached hydrogens (primary N) is 1. The fourth-order valence-electron chi connectivity index (χ4n) is 16.1. The second-order valence-corrected chi connectivity index (χ2v) is 30.9. The number of carbonyl (C=O) groups excluding carboxylic acids is 9. The number of carboxylic acids is 1. The molecule has 30 heteroatoms.